The van der Waals surface area contributed by atoms with Gasteiger partial charge in [0, 0.05) is 38.6 Å². The van der Waals surface area contributed by atoms with E-state index in [0.717, 1.165) is 5.56 Å². The average Bonchev–Trinajstić information content (AvgIpc) is 2.42. The number of nitrogens with one attached hydrogen (secondary N) is 2. The second-order valence-electron chi connectivity index (χ2n) is 4.60. The van der Waals surface area contributed by atoms with Gasteiger partial charge in [0.1, 0.15) is 0 Å². The van der Waals surface area contributed by atoms with Crippen molar-refractivity contribution >= 4 is 23.5 Å². The Kier molecular flexibility index (Phi) is 6.87. The van der Waals surface area contributed by atoms with Crippen LogP contribution in [0.4, 0.5) is 4.79 Å². The Balaban J connectivity index is 2.14. The van der Waals surface area contributed by atoms with Crippen LogP contribution in [0.5, 0.6) is 0 Å². The molecule has 0 unspecified atom stereocenters. The van der Waals surface area contributed by atoms with Gasteiger partial charge in [0.15, 0.2) is 0 Å². The van der Waals surface area contributed by atoms with Crippen LogP contribution in [0.3, 0.4) is 0 Å². The first-order chi connectivity index (χ1) is 9.49. The number of benzene rings is 1. The molecule has 20 heavy (non-hydrogen) atoms. The Labute approximate surface area is 124 Å². The molecule has 0 heterocycles. The monoisotopic (exact) mass is 297 g/mol. The minimum atomic E-state index is -0.166. The fraction of sp³-hybridized carbons (Fsp3) is 0.429. The lowest BCUT2D eigenvalue weighted by molar-refractivity contribution is -0.121. The molecule has 0 atom stereocenters. The maximum absolute atomic E-state index is 11.6. The highest BCUT2D eigenvalue weighted by Crippen LogP contribution is 2.10. The molecule has 3 amide bonds. The van der Waals surface area contributed by atoms with Crippen molar-refractivity contribution in [1.29, 1.82) is 0 Å². The van der Waals surface area contributed by atoms with Gasteiger partial charge in [-0.2, -0.15) is 0 Å². The van der Waals surface area contributed by atoms with Crippen molar-refractivity contribution in [2.45, 2.75) is 12.8 Å². The van der Waals surface area contributed by atoms with Crippen molar-refractivity contribution in [3.05, 3.63) is 34.9 Å². The number of rotatable bonds is 6. The Morgan fingerprint density at radius 3 is 2.30 bits per heavy atom. The van der Waals surface area contributed by atoms with E-state index in [1.54, 1.807) is 14.1 Å². The Hall–Kier alpha value is -1.75. The Morgan fingerprint density at radius 2 is 1.70 bits per heavy atom. The molecule has 1 aromatic rings. The fourth-order valence-electron chi connectivity index (χ4n) is 1.53. The van der Waals surface area contributed by atoms with Gasteiger partial charge in [-0.05, 0) is 24.1 Å². The van der Waals surface area contributed by atoms with E-state index in [0.29, 0.717) is 31.0 Å². The van der Waals surface area contributed by atoms with Crippen LogP contribution in [0.1, 0.15) is 12.0 Å². The molecule has 0 saturated heterocycles. The number of nitrogens with zero attached hydrogens (tertiary/aromatic N) is 1. The summed E-state index contributed by atoms with van der Waals surface area (Å²) in [5.74, 6) is -0.0287. The van der Waals surface area contributed by atoms with Crippen LogP contribution in [0, 0.1) is 0 Å². The van der Waals surface area contributed by atoms with Crippen LogP contribution in [0.15, 0.2) is 24.3 Å². The summed E-state index contributed by atoms with van der Waals surface area (Å²) in [6, 6.07) is 7.28. The van der Waals surface area contributed by atoms with Crippen LogP contribution in [-0.2, 0) is 11.2 Å². The summed E-state index contributed by atoms with van der Waals surface area (Å²) in [6.45, 7) is 0.850. The molecule has 0 saturated carbocycles. The quantitative estimate of drug-likeness (QED) is 0.785. The summed E-state index contributed by atoms with van der Waals surface area (Å²) in [6.07, 6.45) is 1.09. The SMILES string of the molecule is CN(C)C(=O)NCCNC(=O)CCc1ccc(Cl)cc1. The third-order valence-corrected chi connectivity index (χ3v) is 2.94. The summed E-state index contributed by atoms with van der Waals surface area (Å²) in [4.78, 5) is 24.3. The molecule has 1 rings (SSSR count). The van der Waals surface area contributed by atoms with Gasteiger partial charge in [0.2, 0.25) is 5.91 Å². The largest absolute Gasteiger partial charge is 0.354 e. The average molecular weight is 298 g/mol. The molecule has 6 heteroatoms. The normalized spacial score (nSPS) is 9.95. The van der Waals surface area contributed by atoms with Crippen LogP contribution in [-0.4, -0.2) is 44.0 Å². The first kappa shape index (κ1) is 16.3. The van der Waals surface area contributed by atoms with E-state index in [1.165, 1.54) is 4.90 Å². The molecule has 0 fully saturated rings. The first-order valence-corrected chi connectivity index (χ1v) is 6.83. The molecular formula is C14H20ClN3O2. The molecule has 0 spiro atoms. The predicted octanol–water partition coefficient (Wildman–Crippen LogP) is 1.66. The lowest BCUT2D eigenvalue weighted by Gasteiger charge is -2.12. The van der Waals surface area contributed by atoms with Crippen molar-refractivity contribution in [2.75, 3.05) is 27.2 Å². The van der Waals surface area contributed by atoms with Gasteiger partial charge in [-0.1, -0.05) is 23.7 Å². The third-order valence-electron chi connectivity index (χ3n) is 2.68. The van der Waals surface area contributed by atoms with Crippen LogP contribution >= 0.6 is 11.6 Å². The van der Waals surface area contributed by atoms with Gasteiger partial charge < -0.3 is 15.5 Å². The smallest absolute Gasteiger partial charge is 0.316 e. The lowest BCUT2D eigenvalue weighted by atomic mass is 10.1. The number of hydrogen-bond acceptors (Lipinski definition) is 2. The molecule has 0 aliphatic carbocycles. The minimum Gasteiger partial charge on any atom is -0.354 e. The zero-order valence-corrected chi connectivity index (χ0v) is 12.5. The number of carbonyl (C=O) groups is 2. The van der Waals surface area contributed by atoms with Gasteiger partial charge in [-0.3, -0.25) is 4.79 Å². The molecule has 5 nitrogen and oxygen atoms in total. The third kappa shape index (κ3) is 6.43. The minimum absolute atomic E-state index is 0.0287. The molecule has 0 aliphatic heterocycles. The number of urea groups is 1. The van der Waals surface area contributed by atoms with Gasteiger partial charge in [0.05, 0.1) is 0 Å². The maximum Gasteiger partial charge on any atom is 0.316 e. The number of amides is 3. The highest BCUT2D eigenvalue weighted by Gasteiger charge is 2.04. The second-order valence-corrected chi connectivity index (χ2v) is 5.04. The molecule has 0 aliphatic rings. The maximum atomic E-state index is 11.6. The summed E-state index contributed by atoms with van der Waals surface area (Å²) in [7, 11) is 3.33. The van der Waals surface area contributed by atoms with Crippen molar-refractivity contribution in [3.63, 3.8) is 0 Å². The molecule has 110 valence electrons. The summed E-state index contributed by atoms with van der Waals surface area (Å²) < 4.78 is 0. The van der Waals surface area contributed by atoms with Gasteiger partial charge in [-0.25, -0.2) is 4.79 Å². The van der Waals surface area contributed by atoms with Crippen molar-refractivity contribution in [2.24, 2.45) is 0 Å². The molecular weight excluding hydrogens is 278 g/mol. The Morgan fingerprint density at radius 1 is 1.10 bits per heavy atom. The zero-order chi connectivity index (χ0) is 15.0. The summed E-state index contributed by atoms with van der Waals surface area (Å²) >= 11 is 5.79. The molecule has 0 radical (unpaired) electrons. The van der Waals surface area contributed by atoms with Gasteiger partial charge >= 0.3 is 6.03 Å². The van der Waals surface area contributed by atoms with Gasteiger partial charge in [0.25, 0.3) is 0 Å². The number of hydrogen-bond donors (Lipinski definition) is 2. The van der Waals surface area contributed by atoms with E-state index in [-0.39, 0.29) is 11.9 Å². The summed E-state index contributed by atoms with van der Waals surface area (Å²) in [5.41, 5.74) is 1.07. The van der Waals surface area contributed by atoms with Crippen molar-refractivity contribution in [1.82, 2.24) is 15.5 Å². The van der Waals surface area contributed by atoms with E-state index >= 15 is 0 Å². The molecule has 2 N–H and O–H groups in total. The Bertz CT molecular complexity index is 446. The van der Waals surface area contributed by atoms with Crippen LogP contribution in [0.2, 0.25) is 5.02 Å². The first-order valence-electron chi connectivity index (χ1n) is 6.45. The molecule has 0 aromatic heterocycles. The van der Waals surface area contributed by atoms with Crippen molar-refractivity contribution < 1.29 is 9.59 Å². The highest BCUT2D eigenvalue weighted by atomic mass is 35.5. The molecule has 0 bridgehead atoms. The second kappa shape index (κ2) is 8.43. The molecule has 1 aromatic carbocycles. The highest BCUT2D eigenvalue weighted by molar-refractivity contribution is 6.30. The van der Waals surface area contributed by atoms with Crippen molar-refractivity contribution in [3.8, 4) is 0 Å². The zero-order valence-electron chi connectivity index (χ0n) is 11.8. The van der Waals surface area contributed by atoms with E-state index in [9.17, 15) is 9.59 Å². The van der Waals surface area contributed by atoms with Crippen LogP contribution < -0.4 is 10.6 Å². The van der Waals surface area contributed by atoms with E-state index < -0.39 is 0 Å². The number of halogens is 1. The van der Waals surface area contributed by atoms with Crippen LogP contribution in [0.25, 0.3) is 0 Å². The van der Waals surface area contributed by atoms with E-state index in [1.807, 2.05) is 24.3 Å². The predicted molar refractivity (Wildman–Crippen MR) is 79.9 cm³/mol. The lowest BCUT2D eigenvalue weighted by Crippen LogP contribution is -2.39. The number of carbonyl (C=O) groups excluding carboxylic acids is 2. The number of aryl methyl sites for hydroxylation is 1. The summed E-state index contributed by atoms with van der Waals surface area (Å²) in [5, 5.41) is 6.13. The van der Waals surface area contributed by atoms with E-state index in [4.69, 9.17) is 11.6 Å². The topological polar surface area (TPSA) is 61.4 Å². The van der Waals surface area contributed by atoms with E-state index in [2.05, 4.69) is 10.6 Å². The standard InChI is InChI=1S/C14H20ClN3O2/c1-18(2)14(20)17-10-9-16-13(19)8-5-11-3-6-12(15)7-4-11/h3-4,6-7H,5,8-10H2,1-2H3,(H,16,19)(H,17,20). The fourth-order valence-corrected chi connectivity index (χ4v) is 1.65. The van der Waals surface area contributed by atoms with Gasteiger partial charge in [-0.15, -0.1) is 0 Å².